The number of aromatic amines is 1. The minimum absolute atomic E-state index is 0.169. The Hall–Kier alpha value is -2.96. The van der Waals surface area contributed by atoms with Crippen LogP contribution in [0.4, 0.5) is 5.95 Å². The van der Waals surface area contributed by atoms with Crippen LogP contribution >= 0.6 is 0 Å². The minimum Gasteiger partial charge on any atom is -0.469 e. The van der Waals surface area contributed by atoms with Crippen molar-refractivity contribution in [2.45, 2.75) is 12.8 Å². The zero-order valence-electron chi connectivity index (χ0n) is 11.1. The van der Waals surface area contributed by atoms with Crippen molar-refractivity contribution in [1.29, 1.82) is 0 Å². The standard InChI is InChI=1S/C14H13N5O2/c20-12(7-6-10-4-3-9-21-10)16-14-17-13(18-19-14)11-5-1-2-8-15-11/h1-5,8-9H,6-7H2,(H2,16,17,18,19,20). The molecule has 0 aliphatic heterocycles. The highest BCUT2D eigenvalue weighted by Crippen LogP contribution is 2.12. The lowest BCUT2D eigenvalue weighted by Crippen LogP contribution is -2.13. The zero-order chi connectivity index (χ0) is 14.5. The van der Waals surface area contributed by atoms with Gasteiger partial charge in [-0.25, -0.2) is 0 Å². The molecule has 3 aromatic rings. The van der Waals surface area contributed by atoms with Crippen molar-refractivity contribution < 1.29 is 9.21 Å². The van der Waals surface area contributed by atoms with E-state index >= 15 is 0 Å². The van der Waals surface area contributed by atoms with Gasteiger partial charge in [-0.15, -0.1) is 5.10 Å². The first-order chi connectivity index (χ1) is 10.3. The van der Waals surface area contributed by atoms with E-state index in [9.17, 15) is 4.79 Å². The van der Waals surface area contributed by atoms with Gasteiger partial charge in [-0.3, -0.25) is 20.2 Å². The van der Waals surface area contributed by atoms with Crippen LogP contribution in [0.5, 0.6) is 0 Å². The molecule has 0 radical (unpaired) electrons. The molecule has 0 bridgehead atoms. The fraction of sp³-hybridized carbons (Fsp3) is 0.143. The van der Waals surface area contributed by atoms with E-state index < -0.39 is 0 Å². The molecule has 0 aromatic carbocycles. The van der Waals surface area contributed by atoms with Gasteiger partial charge in [0.1, 0.15) is 11.5 Å². The van der Waals surface area contributed by atoms with Crippen molar-refractivity contribution in [3.63, 3.8) is 0 Å². The lowest BCUT2D eigenvalue weighted by molar-refractivity contribution is -0.116. The maximum atomic E-state index is 11.8. The highest BCUT2D eigenvalue weighted by atomic mass is 16.3. The summed E-state index contributed by atoms with van der Waals surface area (Å²) in [7, 11) is 0. The van der Waals surface area contributed by atoms with Crippen LogP contribution in [0.3, 0.4) is 0 Å². The molecule has 7 heteroatoms. The Morgan fingerprint density at radius 3 is 3.00 bits per heavy atom. The van der Waals surface area contributed by atoms with Crippen LogP contribution in [-0.4, -0.2) is 26.1 Å². The second-order valence-electron chi connectivity index (χ2n) is 4.35. The molecule has 21 heavy (non-hydrogen) atoms. The molecule has 3 rings (SSSR count). The number of pyridine rings is 1. The van der Waals surface area contributed by atoms with E-state index in [4.69, 9.17) is 4.42 Å². The minimum atomic E-state index is -0.169. The molecular weight excluding hydrogens is 270 g/mol. The van der Waals surface area contributed by atoms with Crippen LogP contribution in [0, 0.1) is 0 Å². The van der Waals surface area contributed by atoms with E-state index in [2.05, 4.69) is 25.5 Å². The summed E-state index contributed by atoms with van der Waals surface area (Å²) < 4.78 is 5.17. The number of nitrogens with one attached hydrogen (secondary N) is 2. The Morgan fingerprint density at radius 1 is 1.29 bits per heavy atom. The van der Waals surface area contributed by atoms with Gasteiger partial charge in [0.25, 0.3) is 0 Å². The summed E-state index contributed by atoms with van der Waals surface area (Å²) >= 11 is 0. The topological polar surface area (TPSA) is 96.7 Å². The summed E-state index contributed by atoms with van der Waals surface area (Å²) in [6.45, 7) is 0. The number of anilines is 1. The summed E-state index contributed by atoms with van der Waals surface area (Å²) in [4.78, 5) is 20.1. The summed E-state index contributed by atoms with van der Waals surface area (Å²) in [5.41, 5.74) is 0.668. The normalized spacial score (nSPS) is 10.5. The van der Waals surface area contributed by atoms with Crippen molar-refractivity contribution in [3.8, 4) is 11.5 Å². The number of carbonyl (C=O) groups is 1. The van der Waals surface area contributed by atoms with Gasteiger partial charge in [-0.1, -0.05) is 6.07 Å². The van der Waals surface area contributed by atoms with Gasteiger partial charge in [0.2, 0.25) is 11.9 Å². The van der Waals surface area contributed by atoms with E-state index in [-0.39, 0.29) is 11.9 Å². The Labute approximate surface area is 120 Å². The number of H-pyrrole nitrogens is 1. The molecule has 0 saturated heterocycles. The molecule has 0 atom stereocenters. The van der Waals surface area contributed by atoms with Crippen LogP contribution in [0.15, 0.2) is 47.2 Å². The highest BCUT2D eigenvalue weighted by molar-refractivity contribution is 5.89. The predicted octanol–water partition coefficient (Wildman–Crippen LogP) is 2.03. The van der Waals surface area contributed by atoms with Gasteiger partial charge in [-0.2, -0.15) is 4.98 Å². The van der Waals surface area contributed by atoms with E-state index in [1.807, 2.05) is 24.3 Å². The number of aromatic nitrogens is 4. The van der Waals surface area contributed by atoms with E-state index in [1.54, 1.807) is 18.5 Å². The van der Waals surface area contributed by atoms with Crippen LogP contribution in [0.1, 0.15) is 12.2 Å². The molecule has 3 heterocycles. The van der Waals surface area contributed by atoms with Crippen molar-refractivity contribution in [1.82, 2.24) is 20.2 Å². The fourth-order valence-corrected chi connectivity index (χ4v) is 1.81. The van der Waals surface area contributed by atoms with Gasteiger partial charge in [0.15, 0.2) is 5.82 Å². The van der Waals surface area contributed by atoms with Crippen LogP contribution < -0.4 is 5.32 Å². The van der Waals surface area contributed by atoms with E-state index in [0.29, 0.717) is 24.4 Å². The number of rotatable bonds is 5. The fourth-order valence-electron chi connectivity index (χ4n) is 1.81. The smallest absolute Gasteiger partial charge is 0.249 e. The van der Waals surface area contributed by atoms with Crippen LogP contribution in [-0.2, 0) is 11.2 Å². The summed E-state index contributed by atoms with van der Waals surface area (Å²) in [6.07, 6.45) is 4.10. The molecule has 7 nitrogen and oxygen atoms in total. The Bertz CT molecular complexity index is 706. The number of hydrogen-bond acceptors (Lipinski definition) is 5. The molecule has 2 N–H and O–H groups in total. The van der Waals surface area contributed by atoms with Gasteiger partial charge in [-0.05, 0) is 24.3 Å². The molecule has 0 unspecified atom stereocenters. The van der Waals surface area contributed by atoms with Gasteiger partial charge >= 0.3 is 0 Å². The second-order valence-corrected chi connectivity index (χ2v) is 4.35. The van der Waals surface area contributed by atoms with Gasteiger partial charge < -0.3 is 4.42 Å². The summed E-state index contributed by atoms with van der Waals surface area (Å²) in [5.74, 6) is 1.35. The number of furan rings is 1. The first-order valence-corrected chi connectivity index (χ1v) is 6.47. The average molecular weight is 283 g/mol. The molecule has 0 aliphatic rings. The SMILES string of the molecule is O=C(CCc1ccco1)Nc1n[nH]c(-c2ccccn2)n1. The Balaban J connectivity index is 1.58. The van der Waals surface area contributed by atoms with Crippen molar-refractivity contribution in [2.75, 3.05) is 5.32 Å². The summed E-state index contributed by atoms with van der Waals surface area (Å²) in [6, 6.07) is 9.10. The molecule has 1 amide bonds. The van der Waals surface area contributed by atoms with E-state index in [0.717, 1.165) is 5.76 Å². The highest BCUT2D eigenvalue weighted by Gasteiger charge is 2.10. The maximum Gasteiger partial charge on any atom is 0.249 e. The quantitative estimate of drug-likeness (QED) is 0.746. The second kappa shape index (κ2) is 6.00. The average Bonchev–Trinajstić information content (AvgIpc) is 3.17. The third-order valence-corrected chi connectivity index (χ3v) is 2.82. The van der Waals surface area contributed by atoms with Crippen molar-refractivity contribution in [2.24, 2.45) is 0 Å². The van der Waals surface area contributed by atoms with Gasteiger partial charge in [0, 0.05) is 19.0 Å². The molecule has 0 aliphatic carbocycles. The predicted molar refractivity (Wildman–Crippen MR) is 75.3 cm³/mol. The molecule has 106 valence electrons. The monoisotopic (exact) mass is 283 g/mol. The number of nitrogens with zero attached hydrogens (tertiary/aromatic N) is 3. The van der Waals surface area contributed by atoms with Crippen LogP contribution in [0.2, 0.25) is 0 Å². The summed E-state index contributed by atoms with van der Waals surface area (Å²) in [5, 5.41) is 9.32. The molecule has 3 aromatic heterocycles. The number of amides is 1. The largest absolute Gasteiger partial charge is 0.469 e. The lowest BCUT2D eigenvalue weighted by atomic mass is 10.2. The molecule has 0 fully saturated rings. The van der Waals surface area contributed by atoms with Crippen molar-refractivity contribution >= 4 is 11.9 Å². The third kappa shape index (κ3) is 3.33. The molecule has 0 saturated carbocycles. The Kier molecular flexibility index (Phi) is 3.72. The molecule has 0 spiro atoms. The first-order valence-electron chi connectivity index (χ1n) is 6.47. The number of hydrogen-bond donors (Lipinski definition) is 2. The molecular formula is C14H13N5O2. The van der Waals surface area contributed by atoms with Crippen molar-refractivity contribution in [3.05, 3.63) is 48.6 Å². The third-order valence-electron chi connectivity index (χ3n) is 2.82. The zero-order valence-corrected chi connectivity index (χ0v) is 11.1. The van der Waals surface area contributed by atoms with Crippen LogP contribution in [0.25, 0.3) is 11.5 Å². The van der Waals surface area contributed by atoms with E-state index in [1.165, 1.54) is 0 Å². The number of aryl methyl sites for hydroxylation is 1. The Morgan fingerprint density at radius 2 is 2.24 bits per heavy atom. The first kappa shape index (κ1) is 13.0. The number of carbonyl (C=O) groups excluding carboxylic acids is 1. The van der Waals surface area contributed by atoms with Gasteiger partial charge in [0.05, 0.1) is 6.26 Å². The lowest BCUT2D eigenvalue weighted by Gasteiger charge is -1.98. The maximum absolute atomic E-state index is 11.8.